The molecule has 0 aliphatic carbocycles. The Morgan fingerprint density at radius 1 is 1.15 bits per heavy atom. The maximum absolute atomic E-state index is 12.5. The first-order valence-electron chi connectivity index (χ1n) is 9.08. The molecule has 2 heterocycles. The molecule has 2 aromatic rings. The van der Waals surface area contributed by atoms with Crippen LogP contribution in [-0.4, -0.2) is 45.1 Å². The minimum atomic E-state index is -0.925. The van der Waals surface area contributed by atoms with Gasteiger partial charge in [-0.1, -0.05) is 30.3 Å². The Bertz CT molecular complexity index is 676. The molecule has 0 bridgehead atoms. The SMILES string of the molecule is O=C(NCC1CCN([S+]([O-])CCc2ccccc2)CC1)c1ccncc1. The lowest BCUT2D eigenvalue weighted by atomic mass is 9.98. The molecule has 1 unspecified atom stereocenters. The molecule has 0 radical (unpaired) electrons. The van der Waals surface area contributed by atoms with E-state index in [0.717, 1.165) is 32.4 Å². The molecule has 1 aliphatic heterocycles. The summed E-state index contributed by atoms with van der Waals surface area (Å²) in [5.74, 6) is 1.07. The van der Waals surface area contributed by atoms with Gasteiger partial charge in [0.25, 0.3) is 5.91 Å². The zero-order valence-corrected chi connectivity index (χ0v) is 15.7. The summed E-state index contributed by atoms with van der Waals surface area (Å²) in [4.78, 5) is 16.0. The van der Waals surface area contributed by atoms with Gasteiger partial charge >= 0.3 is 0 Å². The van der Waals surface area contributed by atoms with Crippen LogP contribution in [0, 0.1) is 5.92 Å². The summed E-state index contributed by atoms with van der Waals surface area (Å²) >= 11 is -0.925. The summed E-state index contributed by atoms with van der Waals surface area (Å²) in [6.07, 6.45) is 6.02. The Hall–Kier alpha value is -1.89. The Morgan fingerprint density at radius 3 is 2.54 bits per heavy atom. The normalized spacial score (nSPS) is 17.0. The number of carbonyl (C=O) groups excluding carboxylic acids is 1. The number of carbonyl (C=O) groups is 1. The van der Waals surface area contributed by atoms with Crippen LogP contribution < -0.4 is 5.32 Å². The van der Waals surface area contributed by atoms with Crippen LogP contribution >= 0.6 is 0 Å². The largest absolute Gasteiger partial charge is 0.598 e. The summed E-state index contributed by atoms with van der Waals surface area (Å²) in [6, 6.07) is 13.6. The van der Waals surface area contributed by atoms with E-state index in [1.807, 2.05) is 18.2 Å². The van der Waals surface area contributed by atoms with Gasteiger partial charge < -0.3 is 9.87 Å². The van der Waals surface area contributed by atoms with Crippen molar-refractivity contribution in [2.75, 3.05) is 25.4 Å². The molecule has 1 atom stereocenters. The van der Waals surface area contributed by atoms with Crippen molar-refractivity contribution in [3.63, 3.8) is 0 Å². The predicted octanol–water partition coefficient (Wildman–Crippen LogP) is 2.43. The third-order valence-corrected chi connectivity index (χ3v) is 6.26. The Labute approximate surface area is 158 Å². The van der Waals surface area contributed by atoms with Gasteiger partial charge in [-0.25, -0.2) is 0 Å². The molecule has 0 spiro atoms. The molecule has 26 heavy (non-hydrogen) atoms. The van der Waals surface area contributed by atoms with Gasteiger partial charge in [-0.2, -0.15) is 0 Å². The maximum atomic E-state index is 12.5. The predicted molar refractivity (Wildman–Crippen MR) is 104 cm³/mol. The van der Waals surface area contributed by atoms with Crippen molar-refractivity contribution in [1.29, 1.82) is 0 Å². The average molecular weight is 372 g/mol. The Balaban J connectivity index is 1.36. The fourth-order valence-corrected chi connectivity index (χ4v) is 4.42. The number of aryl methyl sites for hydroxylation is 1. The molecule has 1 N–H and O–H groups in total. The van der Waals surface area contributed by atoms with Crippen molar-refractivity contribution >= 4 is 17.3 Å². The minimum Gasteiger partial charge on any atom is -0.598 e. The van der Waals surface area contributed by atoms with E-state index >= 15 is 0 Å². The van der Waals surface area contributed by atoms with Crippen LogP contribution in [0.25, 0.3) is 0 Å². The second-order valence-corrected chi connectivity index (χ2v) is 8.15. The third-order valence-electron chi connectivity index (χ3n) is 4.76. The molecule has 1 saturated heterocycles. The highest BCUT2D eigenvalue weighted by atomic mass is 32.2. The first-order valence-corrected chi connectivity index (χ1v) is 10.4. The molecule has 138 valence electrons. The van der Waals surface area contributed by atoms with E-state index in [1.165, 1.54) is 5.56 Å². The van der Waals surface area contributed by atoms with Gasteiger partial charge in [0.2, 0.25) is 0 Å². The molecule has 1 aliphatic rings. The zero-order valence-electron chi connectivity index (χ0n) is 14.8. The van der Waals surface area contributed by atoms with Crippen molar-refractivity contribution in [2.45, 2.75) is 19.3 Å². The second-order valence-electron chi connectivity index (χ2n) is 6.58. The third kappa shape index (κ3) is 5.56. The van der Waals surface area contributed by atoms with E-state index in [9.17, 15) is 9.35 Å². The zero-order chi connectivity index (χ0) is 18.2. The fourth-order valence-electron chi connectivity index (χ4n) is 3.14. The fraction of sp³-hybridized carbons (Fsp3) is 0.400. The number of pyridine rings is 1. The molecule has 1 aromatic heterocycles. The van der Waals surface area contributed by atoms with E-state index in [0.29, 0.717) is 23.8 Å². The molecule has 1 amide bonds. The van der Waals surface area contributed by atoms with Gasteiger partial charge in [-0.05, 0) is 36.5 Å². The number of nitrogens with zero attached hydrogens (tertiary/aromatic N) is 2. The molecular weight excluding hydrogens is 346 g/mol. The Kier molecular flexibility index (Phi) is 7.05. The van der Waals surface area contributed by atoms with Crippen LogP contribution in [0.5, 0.6) is 0 Å². The summed E-state index contributed by atoms with van der Waals surface area (Å²) in [5, 5.41) is 3.00. The highest BCUT2D eigenvalue weighted by molar-refractivity contribution is 7.89. The summed E-state index contributed by atoms with van der Waals surface area (Å²) in [7, 11) is 0. The quantitative estimate of drug-likeness (QED) is 0.759. The molecule has 0 saturated carbocycles. The first kappa shape index (κ1) is 18.9. The van der Waals surface area contributed by atoms with Crippen molar-refractivity contribution < 1.29 is 9.35 Å². The molecule has 3 rings (SSSR count). The maximum Gasteiger partial charge on any atom is 0.251 e. The van der Waals surface area contributed by atoms with Crippen molar-refractivity contribution in [3.05, 3.63) is 66.0 Å². The monoisotopic (exact) mass is 371 g/mol. The van der Waals surface area contributed by atoms with E-state index in [4.69, 9.17) is 0 Å². The summed E-state index contributed by atoms with van der Waals surface area (Å²) in [6.45, 7) is 2.33. The van der Waals surface area contributed by atoms with E-state index in [1.54, 1.807) is 24.5 Å². The van der Waals surface area contributed by atoms with Gasteiger partial charge in [-0.15, -0.1) is 4.31 Å². The van der Waals surface area contributed by atoms with Crippen molar-refractivity contribution in [1.82, 2.24) is 14.6 Å². The number of hydrogen-bond acceptors (Lipinski definition) is 4. The number of benzene rings is 1. The van der Waals surface area contributed by atoms with E-state index in [-0.39, 0.29) is 5.91 Å². The number of amides is 1. The highest BCUT2D eigenvalue weighted by Gasteiger charge is 2.27. The lowest BCUT2D eigenvalue weighted by Crippen LogP contribution is -2.42. The molecular formula is C20H25N3O2S. The van der Waals surface area contributed by atoms with Crippen molar-refractivity contribution in [3.8, 4) is 0 Å². The first-order chi connectivity index (χ1) is 12.7. The van der Waals surface area contributed by atoms with Crippen molar-refractivity contribution in [2.24, 2.45) is 5.92 Å². The van der Waals surface area contributed by atoms with Gasteiger partial charge in [-0.3, -0.25) is 9.78 Å². The molecule has 6 heteroatoms. The van der Waals surface area contributed by atoms with Crippen LogP contribution in [0.4, 0.5) is 0 Å². The smallest absolute Gasteiger partial charge is 0.251 e. The van der Waals surface area contributed by atoms with Crippen LogP contribution in [0.1, 0.15) is 28.8 Å². The number of aromatic nitrogens is 1. The van der Waals surface area contributed by atoms with Gasteiger partial charge in [0.15, 0.2) is 0 Å². The molecule has 1 aromatic carbocycles. The molecule has 1 fully saturated rings. The van der Waals surface area contributed by atoms with Crippen LogP contribution in [0.3, 0.4) is 0 Å². The average Bonchev–Trinajstić information content (AvgIpc) is 2.72. The van der Waals surface area contributed by atoms with Crippen LogP contribution in [0.15, 0.2) is 54.9 Å². The minimum absolute atomic E-state index is 0.0544. The standard InChI is InChI=1S/C20H25N3O2S/c24-20(19-6-11-21-12-7-19)22-16-18-8-13-23(14-9-18)26(25)15-10-17-4-2-1-3-5-17/h1-7,11-12,18H,8-10,13-16H2,(H,22,24). The lowest BCUT2D eigenvalue weighted by molar-refractivity contribution is 0.0941. The Morgan fingerprint density at radius 2 is 1.85 bits per heavy atom. The number of rotatable bonds is 7. The summed E-state index contributed by atoms with van der Waals surface area (Å²) < 4.78 is 14.6. The number of hydrogen-bond donors (Lipinski definition) is 1. The summed E-state index contributed by atoms with van der Waals surface area (Å²) in [5.41, 5.74) is 1.87. The highest BCUT2D eigenvalue weighted by Crippen LogP contribution is 2.20. The molecule has 5 nitrogen and oxygen atoms in total. The van der Waals surface area contributed by atoms with E-state index < -0.39 is 11.4 Å². The van der Waals surface area contributed by atoms with E-state index in [2.05, 4.69) is 26.7 Å². The number of piperidine rings is 1. The second kappa shape index (κ2) is 9.71. The van der Waals surface area contributed by atoms with Gasteiger partial charge in [0.05, 0.1) is 0 Å². The van der Waals surface area contributed by atoms with Gasteiger partial charge in [0.1, 0.15) is 5.75 Å². The van der Waals surface area contributed by atoms with Crippen LogP contribution in [-0.2, 0) is 17.8 Å². The lowest BCUT2D eigenvalue weighted by Gasteiger charge is -2.32. The topological polar surface area (TPSA) is 68.3 Å². The number of nitrogens with one attached hydrogen (secondary N) is 1. The van der Waals surface area contributed by atoms with Gasteiger partial charge in [0, 0.05) is 55.4 Å². The van der Waals surface area contributed by atoms with Crippen LogP contribution in [0.2, 0.25) is 0 Å².